The van der Waals surface area contributed by atoms with Gasteiger partial charge in [-0.1, -0.05) is 6.07 Å². The van der Waals surface area contributed by atoms with Gasteiger partial charge in [-0.2, -0.15) is 5.26 Å². The minimum absolute atomic E-state index is 0.0893. The molecule has 0 atom stereocenters. The largest absolute Gasteiger partial charge is 0.494 e. The van der Waals surface area contributed by atoms with Crippen LogP contribution < -0.4 is 4.74 Å². The van der Waals surface area contributed by atoms with Gasteiger partial charge in [0.05, 0.1) is 18.2 Å². The van der Waals surface area contributed by atoms with Crippen LogP contribution in [0.1, 0.15) is 18.1 Å². The maximum absolute atomic E-state index is 8.82. The van der Waals surface area contributed by atoms with Gasteiger partial charge < -0.3 is 9.84 Å². The van der Waals surface area contributed by atoms with Gasteiger partial charge in [0.2, 0.25) is 0 Å². The molecule has 3 nitrogen and oxygen atoms in total. The number of nitrogens with zero attached hydrogens (tertiary/aromatic N) is 1. The van der Waals surface area contributed by atoms with Gasteiger partial charge >= 0.3 is 0 Å². The molecule has 1 N–H and O–H groups in total. The summed E-state index contributed by atoms with van der Waals surface area (Å²) >= 11 is 0. The lowest BCUT2D eigenvalue weighted by Crippen LogP contribution is -1.99. The van der Waals surface area contributed by atoms with Crippen molar-refractivity contribution in [2.24, 2.45) is 0 Å². The topological polar surface area (TPSA) is 53.2 Å². The number of rotatable bonds is 4. The van der Waals surface area contributed by atoms with E-state index in [0.29, 0.717) is 24.3 Å². The van der Waals surface area contributed by atoms with Gasteiger partial charge in [0, 0.05) is 6.61 Å². The first kappa shape index (κ1) is 10.6. The summed E-state index contributed by atoms with van der Waals surface area (Å²) in [6.07, 6.45) is 0.557. The molecule has 0 heterocycles. The zero-order chi connectivity index (χ0) is 10.4. The highest BCUT2D eigenvalue weighted by atomic mass is 16.5. The predicted molar refractivity (Wildman–Crippen MR) is 53.1 cm³/mol. The fourth-order valence-electron chi connectivity index (χ4n) is 1.24. The summed E-state index contributed by atoms with van der Waals surface area (Å²) < 4.78 is 5.37. The van der Waals surface area contributed by atoms with Crippen LogP contribution in [0.15, 0.2) is 18.2 Å². The highest BCUT2D eigenvalue weighted by molar-refractivity contribution is 5.42. The Kier molecular flexibility index (Phi) is 3.96. The average Bonchev–Trinajstić information content (AvgIpc) is 2.21. The number of hydrogen-bond acceptors (Lipinski definition) is 3. The zero-order valence-electron chi connectivity index (χ0n) is 8.16. The summed E-state index contributed by atoms with van der Waals surface area (Å²) in [5.74, 6) is 0.695. The molecule has 0 radical (unpaired) electrons. The van der Waals surface area contributed by atoms with E-state index in [9.17, 15) is 0 Å². The molecule has 0 saturated carbocycles. The van der Waals surface area contributed by atoms with E-state index in [1.54, 1.807) is 12.1 Å². The lowest BCUT2D eigenvalue weighted by Gasteiger charge is -2.09. The first-order chi connectivity index (χ1) is 6.81. The Hall–Kier alpha value is -1.53. The molecular formula is C11H13NO2. The Balaban J connectivity index is 2.98. The summed E-state index contributed by atoms with van der Waals surface area (Å²) in [5.41, 5.74) is 1.52. The number of aliphatic hydroxyl groups excluding tert-OH is 1. The first-order valence-electron chi connectivity index (χ1n) is 4.58. The molecule has 3 heteroatoms. The summed E-state index contributed by atoms with van der Waals surface area (Å²) in [5, 5.41) is 17.5. The van der Waals surface area contributed by atoms with Crippen LogP contribution in [0.3, 0.4) is 0 Å². The van der Waals surface area contributed by atoms with Crippen molar-refractivity contribution in [1.82, 2.24) is 0 Å². The third kappa shape index (κ3) is 2.48. The van der Waals surface area contributed by atoms with Crippen LogP contribution in [0, 0.1) is 11.3 Å². The monoisotopic (exact) mass is 191 g/mol. The Morgan fingerprint density at radius 1 is 1.50 bits per heavy atom. The van der Waals surface area contributed by atoms with Crippen LogP contribution in [0.4, 0.5) is 0 Å². The van der Waals surface area contributed by atoms with Gasteiger partial charge in [0.15, 0.2) is 0 Å². The number of aliphatic hydroxyl groups is 1. The van der Waals surface area contributed by atoms with Crippen molar-refractivity contribution < 1.29 is 9.84 Å². The number of benzene rings is 1. The summed E-state index contributed by atoms with van der Waals surface area (Å²) in [6, 6.07) is 7.30. The van der Waals surface area contributed by atoms with Crippen molar-refractivity contribution >= 4 is 0 Å². The maximum Gasteiger partial charge on any atom is 0.123 e. The Labute approximate surface area is 83.6 Å². The summed E-state index contributed by atoms with van der Waals surface area (Å²) in [4.78, 5) is 0. The van der Waals surface area contributed by atoms with E-state index in [2.05, 4.69) is 6.07 Å². The molecule has 74 valence electrons. The SMILES string of the molecule is CCOc1cc(C#N)ccc1CCO. The van der Waals surface area contributed by atoms with E-state index in [1.165, 1.54) is 0 Å². The van der Waals surface area contributed by atoms with Crippen molar-refractivity contribution in [1.29, 1.82) is 5.26 Å². The second kappa shape index (κ2) is 5.25. The van der Waals surface area contributed by atoms with Crippen molar-refractivity contribution in [3.8, 4) is 11.8 Å². The molecule has 0 aliphatic carbocycles. The quantitative estimate of drug-likeness (QED) is 0.784. The molecule has 1 aromatic carbocycles. The summed E-state index contributed by atoms with van der Waals surface area (Å²) in [6.45, 7) is 2.54. The number of hydrogen-bond donors (Lipinski definition) is 1. The Morgan fingerprint density at radius 2 is 2.29 bits per heavy atom. The molecule has 0 aliphatic rings. The van der Waals surface area contributed by atoms with E-state index in [4.69, 9.17) is 15.1 Å². The van der Waals surface area contributed by atoms with Gasteiger partial charge in [-0.25, -0.2) is 0 Å². The molecule has 0 spiro atoms. The summed E-state index contributed by atoms with van der Waals surface area (Å²) in [7, 11) is 0. The Bertz CT molecular complexity index is 342. The van der Waals surface area contributed by atoms with E-state index < -0.39 is 0 Å². The average molecular weight is 191 g/mol. The normalized spacial score (nSPS) is 9.50. The van der Waals surface area contributed by atoms with Crippen LogP contribution in [-0.2, 0) is 6.42 Å². The van der Waals surface area contributed by atoms with Gasteiger partial charge in [-0.15, -0.1) is 0 Å². The molecule has 0 aromatic heterocycles. The fourth-order valence-corrected chi connectivity index (χ4v) is 1.24. The van der Waals surface area contributed by atoms with Crippen LogP contribution in [0.2, 0.25) is 0 Å². The van der Waals surface area contributed by atoms with E-state index >= 15 is 0 Å². The van der Waals surface area contributed by atoms with Gasteiger partial charge in [-0.05, 0) is 31.0 Å². The maximum atomic E-state index is 8.82. The molecule has 0 unspecified atom stereocenters. The van der Waals surface area contributed by atoms with Crippen LogP contribution in [0.25, 0.3) is 0 Å². The second-order valence-electron chi connectivity index (χ2n) is 2.84. The highest BCUT2D eigenvalue weighted by Gasteiger charge is 2.03. The Morgan fingerprint density at radius 3 is 2.86 bits per heavy atom. The molecule has 0 fully saturated rings. The smallest absolute Gasteiger partial charge is 0.123 e. The van der Waals surface area contributed by atoms with Crippen molar-refractivity contribution in [3.63, 3.8) is 0 Å². The standard InChI is InChI=1S/C11H13NO2/c1-2-14-11-7-9(8-12)3-4-10(11)5-6-13/h3-4,7,13H,2,5-6H2,1H3. The lowest BCUT2D eigenvalue weighted by molar-refractivity contribution is 0.292. The molecular weight excluding hydrogens is 178 g/mol. The molecule has 0 amide bonds. The number of nitriles is 1. The van der Waals surface area contributed by atoms with Crippen molar-refractivity contribution in [2.75, 3.05) is 13.2 Å². The molecule has 14 heavy (non-hydrogen) atoms. The molecule has 0 aliphatic heterocycles. The minimum Gasteiger partial charge on any atom is -0.494 e. The zero-order valence-corrected chi connectivity index (χ0v) is 8.16. The predicted octanol–water partition coefficient (Wildman–Crippen LogP) is 1.49. The second-order valence-corrected chi connectivity index (χ2v) is 2.84. The highest BCUT2D eigenvalue weighted by Crippen LogP contribution is 2.20. The molecule has 0 bridgehead atoms. The van der Waals surface area contributed by atoms with Crippen molar-refractivity contribution in [3.05, 3.63) is 29.3 Å². The molecule has 1 aromatic rings. The third-order valence-electron chi connectivity index (χ3n) is 1.88. The van der Waals surface area contributed by atoms with Gasteiger partial charge in [-0.3, -0.25) is 0 Å². The lowest BCUT2D eigenvalue weighted by atomic mass is 10.1. The fraction of sp³-hybridized carbons (Fsp3) is 0.364. The number of ether oxygens (including phenoxy) is 1. The molecule has 1 rings (SSSR count). The minimum atomic E-state index is 0.0893. The van der Waals surface area contributed by atoms with E-state index in [0.717, 1.165) is 5.56 Å². The third-order valence-corrected chi connectivity index (χ3v) is 1.88. The van der Waals surface area contributed by atoms with E-state index in [1.807, 2.05) is 13.0 Å². The van der Waals surface area contributed by atoms with Crippen LogP contribution in [0.5, 0.6) is 5.75 Å². The molecule has 0 saturated heterocycles. The van der Waals surface area contributed by atoms with Crippen LogP contribution >= 0.6 is 0 Å². The van der Waals surface area contributed by atoms with Gasteiger partial charge in [0.25, 0.3) is 0 Å². The van der Waals surface area contributed by atoms with Crippen molar-refractivity contribution in [2.45, 2.75) is 13.3 Å². The van der Waals surface area contributed by atoms with Crippen LogP contribution in [-0.4, -0.2) is 18.3 Å². The van der Waals surface area contributed by atoms with E-state index in [-0.39, 0.29) is 6.61 Å². The first-order valence-corrected chi connectivity index (χ1v) is 4.58. The van der Waals surface area contributed by atoms with Gasteiger partial charge in [0.1, 0.15) is 5.75 Å².